The predicted molar refractivity (Wildman–Crippen MR) is 57.7 cm³/mol. The third kappa shape index (κ3) is 2.30. The number of imidazole rings is 1. The van der Waals surface area contributed by atoms with Crippen LogP contribution in [0.25, 0.3) is 0 Å². The van der Waals surface area contributed by atoms with Crippen molar-refractivity contribution in [3.05, 3.63) is 36.2 Å². The van der Waals surface area contributed by atoms with Crippen LogP contribution in [0.5, 0.6) is 0 Å². The van der Waals surface area contributed by atoms with Crippen molar-refractivity contribution in [3.63, 3.8) is 0 Å². The molecule has 0 radical (unpaired) electrons. The average Bonchev–Trinajstić information content (AvgIpc) is 2.78. The van der Waals surface area contributed by atoms with E-state index in [1.165, 1.54) is 12.8 Å². The number of rotatable bonds is 5. The molecule has 1 saturated carbocycles. The first kappa shape index (κ1) is 9.59. The largest absolute Gasteiger partial charge is 0.359 e. The summed E-state index contributed by atoms with van der Waals surface area (Å²) in [6.45, 7) is 1.49. The highest BCUT2D eigenvalue weighted by Gasteiger charge is 2.20. The van der Waals surface area contributed by atoms with E-state index >= 15 is 0 Å². The van der Waals surface area contributed by atoms with Gasteiger partial charge in [-0.3, -0.25) is 0 Å². The molecule has 0 bridgehead atoms. The maximum absolute atomic E-state index is 5.25. The van der Waals surface area contributed by atoms with Gasteiger partial charge in [0.15, 0.2) is 5.76 Å². The van der Waals surface area contributed by atoms with E-state index in [0.717, 1.165) is 18.0 Å². The number of hydrogen-bond acceptors (Lipinski definition) is 4. The van der Waals surface area contributed by atoms with Crippen LogP contribution in [0.15, 0.2) is 29.3 Å². The van der Waals surface area contributed by atoms with E-state index in [1.54, 1.807) is 12.5 Å². The zero-order valence-corrected chi connectivity index (χ0v) is 8.97. The smallest absolute Gasteiger partial charge is 0.156 e. The minimum atomic E-state index is 0.691. The molecule has 16 heavy (non-hydrogen) atoms. The summed E-state index contributed by atoms with van der Waals surface area (Å²) >= 11 is 0. The van der Waals surface area contributed by atoms with Crippen molar-refractivity contribution < 1.29 is 4.52 Å². The summed E-state index contributed by atoms with van der Waals surface area (Å²) in [6, 6.07) is 2.70. The second-order valence-corrected chi connectivity index (χ2v) is 4.17. The SMILES string of the molecule is c1cn(Cc2cc(CNC3CC3)no2)cn1. The predicted octanol–water partition coefficient (Wildman–Crippen LogP) is 1.17. The van der Waals surface area contributed by atoms with Crippen molar-refractivity contribution >= 4 is 0 Å². The maximum atomic E-state index is 5.25. The van der Waals surface area contributed by atoms with Gasteiger partial charge < -0.3 is 14.4 Å². The van der Waals surface area contributed by atoms with E-state index in [1.807, 2.05) is 16.8 Å². The molecule has 1 aliphatic carbocycles. The van der Waals surface area contributed by atoms with Gasteiger partial charge in [-0.15, -0.1) is 0 Å². The second-order valence-electron chi connectivity index (χ2n) is 4.17. The quantitative estimate of drug-likeness (QED) is 0.818. The summed E-state index contributed by atoms with van der Waals surface area (Å²) in [5, 5.41) is 7.43. The zero-order chi connectivity index (χ0) is 10.8. The number of hydrogen-bond donors (Lipinski definition) is 1. The Morgan fingerprint density at radius 3 is 3.19 bits per heavy atom. The van der Waals surface area contributed by atoms with Gasteiger partial charge in [-0.1, -0.05) is 5.16 Å². The van der Waals surface area contributed by atoms with Crippen molar-refractivity contribution in [2.24, 2.45) is 0 Å². The van der Waals surface area contributed by atoms with Crippen molar-refractivity contribution in [3.8, 4) is 0 Å². The van der Waals surface area contributed by atoms with Gasteiger partial charge in [0.25, 0.3) is 0 Å². The molecule has 84 valence electrons. The molecule has 5 nitrogen and oxygen atoms in total. The molecule has 0 saturated heterocycles. The number of nitrogens with one attached hydrogen (secondary N) is 1. The van der Waals surface area contributed by atoms with E-state index in [2.05, 4.69) is 15.5 Å². The molecule has 0 atom stereocenters. The standard InChI is InChI=1S/C11H14N4O/c1-2-9(1)13-6-10-5-11(16-14-10)7-15-4-3-12-8-15/h3-5,8-9,13H,1-2,6-7H2. The second kappa shape index (κ2) is 4.09. The molecule has 0 aliphatic heterocycles. The van der Waals surface area contributed by atoms with Gasteiger partial charge >= 0.3 is 0 Å². The van der Waals surface area contributed by atoms with Gasteiger partial charge in [0.1, 0.15) is 0 Å². The van der Waals surface area contributed by atoms with Crippen LogP contribution in [0.3, 0.4) is 0 Å². The summed E-state index contributed by atoms with van der Waals surface area (Å²) in [5.41, 5.74) is 0.974. The lowest BCUT2D eigenvalue weighted by Gasteiger charge is -1.96. The van der Waals surface area contributed by atoms with Crippen LogP contribution in [0.2, 0.25) is 0 Å². The van der Waals surface area contributed by atoms with Gasteiger partial charge in [0, 0.05) is 31.0 Å². The Hall–Kier alpha value is -1.62. The fourth-order valence-electron chi connectivity index (χ4n) is 1.61. The molecule has 2 aromatic heterocycles. The van der Waals surface area contributed by atoms with E-state index in [-0.39, 0.29) is 0 Å². The Bertz CT molecular complexity index is 444. The lowest BCUT2D eigenvalue weighted by atomic mass is 10.3. The summed E-state index contributed by atoms with van der Waals surface area (Å²) in [5.74, 6) is 0.866. The lowest BCUT2D eigenvalue weighted by molar-refractivity contribution is 0.369. The van der Waals surface area contributed by atoms with Gasteiger partial charge in [-0.25, -0.2) is 4.98 Å². The highest BCUT2D eigenvalue weighted by Crippen LogP contribution is 2.19. The molecule has 2 aromatic rings. The molecule has 3 rings (SSSR count). The molecule has 1 fully saturated rings. The van der Waals surface area contributed by atoms with Crippen LogP contribution < -0.4 is 5.32 Å². The number of nitrogens with zero attached hydrogens (tertiary/aromatic N) is 3. The molecule has 1 N–H and O–H groups in total. The van der Waals surface area contributed by atoms with Gasteiger partial charge in [-0.2, -0.15) is 0 Å². The molecule has 0 spiro atoms. The number of aromatic nitrogens is 3. The minimum absolute atomic E-state index is 0.691. The maximum Gasteiger partial charge on any atom is 0.156 e. The summed E-state index contributed by atoms with van der Waals surface area (Å²) in [4.78, 5) is 3.98. The molecular formula is C11H14N4O. The van der Waals surface area contributed by atoms with E-state index in [4.69, 9.17) is 4.52 Å². The van der Waals surface area contributed by atoms with E-state index in [9.17, 15) is 0 Å². The molecule has 1 aliphatic rings. The Morgan fingerprint density at radius 1 is 1.50 bits per heavy atom. The van der Waals surface area contributed by atoms with Crippen LogP contribution in [0.4, 0.5) is 0 Å². The van der Waals surface area contributed by atoms with E-state index < -0.39 is 0 Å². The molecular weight excluding hydrogens is 204 g/mol. The first-order valence-corrected chi connectivity index (χ1v) is 5.54. The van der Waals surface area contributed by atoms with Crippen LogP contribution >= 0.6 is 0 Å². The first-order valence-electron chi connectivity index (χ1n) is 5.54. The Labute approximate surface area is 93.5 Å². The summed E-state index contributed by atoms with van der Waals surface area (Å²) < 4.78 is 7.21. The molecule has 2 heterocycles. The van der Waals surface area contributed by atoms with Crippen molar-refractivity contribution in [1.29, 1.82) is 0 Å². The average molecular weight is 218 g/mol. The Kier molecular flexibility index (Phi) is 2.46. The van der Waals surface area contributed by atoms with Gasteiger partial charge in [-0.05, 0) is 12.8 Å². The van der Waals surface area contributed by atoms with Crippen LogP contribution in [-0.2, 0) is 13.1 Å². The third-order valence-electron chi connectivity index (χ3n) is 2.65. The van der Waals surface area contributed by atoms with Crippen LogP contribution in [-0.4, -0.2) is 20.7 Å². The lowest BCUT2D eigenvalue weighted by Crippen LogP contribution is -2.15. The van der Waals surface area contributed by atoms with Gasteiger partial charge in [0.05, 0.1) is 18.6 Å². The van der Waals surface area contributed by atoms with Crippen molar-refractivity contribution in [2.45, 2.75) is 32.0 Å². The molecule has 0 aromatic carbocycles. The van der Waals surface area contributed by atoms with Crippen LogP contribution in [0.1, 0.15) is 24.3 Å². The molecule has 0 unspecified atom stereocenters. The van der Waals surface area contributed by atoms with Crippen LogP contribution in [0, 0.1) is 0 Å². The fraction of sp³-hybridized carbons (Fsp3) is 0.455. The minimum Gasteiger partial charge on any atom is -0.359 e. The fourth-order valence-corrected chi connectivity index (χ4v) is 1.61. The highest BCUT2D eigenvalue weighted by molar-refractivity contribution is 5.06. The summed E-state index contributed by atoms with van der Waals surface area (Å²) in [6.07, 6.45) is 8.01. The molecule has 5 heteroatoms. The first-order chi connectivity index (χ1) is 7.90. The topological polar surface area (TPSA) is 55.9 Å². The summed E-state index contributed by atoms with van der Waals surface area (Å²) in [7, 11) is 0. The van der Waals surface area contributed by atoms with Gasteiger partial charge in [0.2, 0.25) is 0 Å². The van der Waals surface area contributed by atoms with E-state index in [0.29, 0.717) is 12.6 Å². The molecule has 0 amide bonds. The monoisotopic (exact) mass is 218 g/mol. The Morgan fingerprint density at radius 2 is 2.44 bits per heavy atom. The third-order valence-corrected chi connectivity index (χ3v) is 2.65. The Balaban J connectivity index is 1.58. The van der Waals surface area contributed by atoms with Crippen molar-refractivity contribution in [1.82, 2.24) is 20.0 Å². The normalized spacial score (nSPS) is 15.5. The highest BCUT2D eigenvalue weighted by atomic mass is 16.5. The van der Waals surface area contributed by atoms with Crippen molar-refractivity contribution in [2.75, 3.05) is 0 Å². The zero-order valence-electron chi connectivity index (χ0n) is 8.97.